The molecule has 25 heavy (non-hydrogen) atoms. The van der Waals surface area contributed by atoms with Gasteiger partial charge in [-0.15, -0.1) is 0 Å². The highest BCUT2D eigenvalue weighted by atomic mass is 16.5. The number of hydrogen-bond donors (Lipinski definition) is 3. The number of benzene rings is 1. The van der Waals surface area contributed by atoms with Gasteiger partial charge in [0.1, 0.15) is 17.6 Å². The maximum absolute atomic E-state index is 11.8. The van der Waals surface area contributed by atoms with Gasteiger partial charge in [0.2, 0.25) is 0 Å². The Morgan fingerprint density at radius 1 is 1.12 bits per heavy atom. The van der Waals surface area contributed by atoms with Gasteiger partial charge >= 0.3 is 17.8 Å². The topological polar surface area (TPSA) is 118 Å². The highest BCUT2D eigenvalue weighted by Crippen LogP contribution is 2.15. The van der Waals surface area contributed by atoms with Crippen LogP contribution in [0.1, 0.15) is 28.0 Å². The predicted octanol–water partition coefficient (Wildman–Crippen LogP) is 1.16. The standard InChI is InChI=1S/C17H18N2O6/c1-10-3-8-14(25-10)13(20)9-18-15(21)16(22)19-12-6-4-11(5-7-12)17(23)24-2/h3-8,13,20H,9H2,1-2H3,(H,18,21)(H,19,22). The molecule has 8 nitrogen and oxygen atoms in total. The van der Waals surface area contributed by atoms with Crippen LogP contribution in [0.4, 0.5) is 5.69 Å². The van der Waals surface area contributed by atoms with Crippen molar-refractivity contribution in [3.05, 3.63) is 53.5 Å². The molecule has 2 aromatic rings. The molecule has 8 heteroatoms. The molecule has 0 saturated carbocycles. The maximum Gasteiger partial charge on any atom is 0.337 e. The quantitative estimate of drug-likeness (QED) is 0.552. The summed E-state index contributed by atoms with van der Waals surface area (Å²) in [7, 11) is 1.26. The number of amides is 2. The summed E-state index contributed by atoms with van der Waals surface area (Å²) in [6.07, 6.45) is -1.05. The van der Waals surface area contributed by atoms with Gasteiger partial charge in [0.25, 0.3) is 0 Å². The average Bonchev–Trinajstić information content (AvgIpc) is 3.05. The summed E-state index contributed by atoms with van der Waals surface area (Å²) in [6, 6.07) is 9.14. The third-order valence-electron chi connectivity index (χ3n) is 3.32. The number of nitrogens with one attached hydrogen (secondary N) is 2. The largest absolute Gasteiger partial charge is 0.465 e. The van der Waals surface area contributed by atoms with Crippen molar-refractivity contribution >= 4 is 23.5 Å². The van der Waals surface area contributed by atoms with Gasteiger partial charge in [0.15, 0.2) is 0 Å². The number of furan rings is 1. The molecule has 1 heterocycles. The van der Waals surface area contributed by atoms with Crippen molar-refractivity contribution in [2.75, 3.05) is 19.0 Å². The lowest BCUT2D eigenvalue weighted by Gasteiger charge is -2.10. The Bertz CT molecular complexity index is 766. The number of ether oxygens (including phenoxy) is 1. The monoisotopic (exact) mass is 346 g/mol. The number of carbonyl (C=O) groups excluding carboxylic acids is 3. The lowest BCUT2D eigenvalue weighted by atomic mass is 10.2. The smallest absolute Gasteiger partial charge is 0.337 e. The highest BCUT2D eigenvalue weighted by Gasteiger charge is 2.17. The van der Waals surface area contributed by atoms with Crippen LogP contribution in [0.25, 0.3) is 0 Å². The molecular weight excluding hydrogens is 328 g/mol. The Hall–Kier alpha value is -3.13. The Labute approximate surface area is 143 Å². The molecule has 0 bridgehead atoms. The van der Waals surface area contributed by atoms with Crippen LogP contribution in [0.3, 0.4) is 0 Å². The van der Waals surface area contributed by atoms with Gasteiger partial charge in [-0.2, -0.15) is 0 Å². The van der Waals surface area contributed by atoms with Crippen molar-refractivity contribution in [3.63, 3.8) is 0 Å². The van der Waals surface area contributed by atoms with E-state index in [1.54, 1.807) is 19.1 Å². The van der Waals surface area contributed by atoms with Gasteiger partial charge in [0.05, 0.1) is 19.2 Å². The van der Waals surface area contributed by atoms with Crippen LogP contribution >= 0.6 is 0 Å². The van der Waals surface area contributed by atoms with E-state index in [1.165, 1.54) is 31.4 Å². The number of aryl methyl sites for hydroxylation is 1. The van der Waals surface area contributed by atoms with E-state index in [2.05, 4.69) is 15.4 Å². The first-order valence-corrected chi connectivity index (χ1v) is 7.42. The van der Waals surface area contributed by atoms with Gasteiger partial charge in [-0.1, -0.05) is 0 Å². The van der Waals surface area contributed by atoms with Gasteiger partial charge in [-0.3, -0.25) is 9.59 Å². The minimum Gasteiger partial charge on any atom is -0.465 e. The average molecular weight is 346 g/mol. The van der Waals surface area contributed by atoms with E-state index in [0.717, 1.165) is 0 Å². The fraction of sp³-hybridized carbons (Fsp3) is 0.235. The number of aliphatic hydroxyl groups is 1. The molecule has 0 aliphatic heterocycles. The lowest BCUT2D eigenvalue weighted by Crippen LogP contribution is -2.37. The fourth-order valence-electron chi connectivity index (χ4n) is 2.00. The maximum atomic E-state index is 11.8. The van der Waals surface area contributed by atoms with Gasteiger partial charge in [-0.05, 0) is 43.3 Å². The first-order chi connectivity index (χ1) is 11.9. The molecule has 2 rings (SSSR count). The normalized spacial score (nSPS) is 11.5. The van der Waals surface area contributed by atoms with Crippen molar-refractivity contribution in [2.45, 2.75) is 13.0 Å². The third-order valence-corrected chi connectivity index (χ3v) is 3.32. The molecule has 0 aliphatic carbocycles. The minimum atomic E-state index is -1.05. The van der Waals surface area contributed by atoms with E-state index in [4.69, 9.17) is 4.42 Å². The van der Waals surface area contributed by atoms with Crippen LogP contribution in [0.2, 0.25) is 0 Å². The van der Waals surface area contributed by atoms with Crippen LogP contribution < -0.4 is 10.6 Å². The van der Waals surface area contributed by atoms with Crippen molar-refractivity contribution in [2.24, 2.45) is 0 Å². The summed E-state index contributed by atoms with van der Waals surface area (Å²) >= 11 is 0. The van der Waals surface area contributed by atoms with E-state index in [0.29, 0.717) is 22.8 Å². The zero-order valence-corrected chi connectivity index (χ0v) is 13.7. The highest BCUT2D eigenvalue weighted by molar-refractivity contribution is 6.39. The second kappa shape index (κ2) is 8.11. The van der Waals surface area contributed by atoms with Crippen molar-refractivity contribution < 1.29 is 28.6 Å². The first-order valence-electron chi connectivity index (χ1n) is 7.42. The molecule has 132 valence electrons. The molecule has 0 spiro atoms. The molecule has 1 aromatic heterocycles. The van der Waals surface area contributed by atoms with Crippen molar-refractivity contribution in [3.8, 4) is 0 Å². The summed E-state index contributed by atoms with van der Waals surface area (Å²) in [4.78, 5) is 34.9. The summed E-state index contributed by atoms with van der Waals surface area (Å²) in [5, 5.41) is 14.6. The molecule has 0 radical (unpaired) electrons. The number of esters is 1. The van der Waals surface area contributed by atoms with Crippen molar-refractivity contribution in [1.29, 1.82) is 0 Å². The molecule has 2 amide bonds. The zero-order valence-electron chi connectivity index (χ0n) is 13.7. The molecule has 0 fully saturated rings. The molecular formula is C17H18N2O6. The van der Waals surface area contributed by atoms with E-state index in [-0.39, 0.29) is 6.54 Å². The zero-order chi connectivity index (χ0) is 18.4. The number of methoxy groups -OCH3 is 1. The van der Waals surface area contributed by atoms with Gasteiger partial charge in [-0.25, -0.2) is 4.79 Å². The van der Waals surface area contributed by atoms with Crippen LogP contribution in [-0.2, 0) is 14.3 Å². The lowest BCUT2D eigenvalue weighted by molar-refractivity contribution is -0.136. The summed E-state index contributed by atoms with van der Waals surface area (Å²) in [5.74, 6) is -1.36. The molecule has 1 aromatic carbocycles. The van der Waals surface area contributed by atoms with Crippen LogP contribution in [0, 0.1) is 6.92 Å². The Balaban J connectivity index is 1.85. The molecule has 0 aliphatic rings. The van der Waals surface area contributed by atoms with Crippen LogP contribution in [0.15, 0.2) is 40.8 Å². The van der Waals surface area contributed by atoms with Crippen LogP contribution in [0.5, 0.6) is 0 Å². The fourth-order valence-corrected chi connectivity index (χ4v) is 2.00. The Morgan fingerprint density at radius 3 is 2.36 bits per heavy atom. The number of aliphatic hydroxyl groups excluding tert-OH is 1. The second-order valence-electron chi connectivity index (χ2n) is 5.20. The minimum absolute atomic E-state index is 0.166. The van der Waals surface area contributed by atoms with E-state index < -0.39 is 23.9 Å². The van der Waals surface area contributed by atoms with Gasteiger partial charge in [0, 0.05) is 5.69 Å². The van der Waals surface area contributed by atoms with E-state index in [9.17, 15) is 19.5 Å². The first kappa shape index (κ1) is 18.2. The Kier molecular flexibility index (Phi) is 5.91. The third kappa shape index (κ3) is 4.92. The van der Waals surface area contributed by atoms with Gasteiger partial charge < -0.3 is 24.9 Å². The summed E-state index contributed by atoms with van der Waals surface area (Å²) in [5.41, 5.74) is 0.664. The molecule has 3 N–H and O–H groups in total. The SMILES string of the molecule is COC(=O)c1ccc(NC(=O)C(=O)NCC(O)c2ccc(C)o2)cc1. The number of hydrogen-bond acceptors (Lipinski definition) is 6. The second-order valence-corrected chi connectivity index (χ2v) is 5.20. The number of carbonyl (C=O) groups is 3. The molecule has 1 atom stereocenters. The van der Waals surface area contributed by atoms with Crippen LogP contribution in [-0.4, -0.2) is 36.5 Å². The molecule has 0 saturated heterocycles. The molecule has 1 unspecified atom stereocenters. The summed E-state index contributed by atoms with van der Waals surface area (Å²) < 4.78 is 9.80. The predicted molar refractivity (Wildman–Crippen MR) is 87.8 cm³/mol. The van der Waals surface area contributed by atoms with E-state index in [1.807, 2.05) is 0 Å². The number of rotatable bonds is 5. The Morgan fingerprint density at radius 2 is 1.80 bits per heavy atom. The number of anilines is 1. The van der Waals surface area contributed by atoms with E-state index >= 15 is 0 Å². The van der Waals surface area contributed by atoms with Crippen molar-refractivity contribution in [1.82, 2.24) is 5.32 Å². The summed E-state index contributed by atoms with van der Waals surface area (Å²) in [6.45, 7) is 1.56.